The van der Waals surface area contributed by atoms with Crippen molar-refractivity contribution >= 4 is 5.69 Å². The van der Waals surface area contributed by atoms with Crippen LogP contribution in [0.1, 0.15) is 24.8 Å². The Kier molecular flexibility index (Phi) is 8.26. The number of hydrogen-bond donors (Lipinski definition) is 1. The Balaban J connectivity index is 2.41. The monoisotopic (exact) mass is 280 g/mol. The van der Waals surface area contributed by atoms with Crippen LogP contribution in [0.15, 0.2) is 24.3 Å². The van der Waals surface area contributed by atoms with Crippen LogP contribution in [-0.4, -0.2) is 52.0 Å². The van der Waals surface area contributed by atoms with Crippen LogP contribution in [0.25, 0.3) is 0 Å². The lowest BCUT2D eigenvalue weighted by molar-refractivity contribution is 0.112. The van der Waals surface area contributed by atoms with Gasteiger partial charge in [0.25, 0.3) is 0 Å². The Hall–Kier alpha value is -1.10. The maximum atomic E-state index is 5.72. The van der Waals surface area contributed by atoms with Crippen LogP contribution in [0.5, 0.6) is 0 Å². The molecule has 0 aliphatic heterocycles. The summed E-state index contributed by atoms with van der Waals surface area (Å²) in [5, 5.41) is 0. The van der Waals surface area contributed by atoms with Crippen molar-refractivity contribution < 1.29 is 9.47 Å². The lowest BCUT2D eigenvalue weighted by atomic mass is 9.97. The molecule has 0 heterocycles. The second-order valence-electron chi connectivity index (χ2n) is 5.18. The smallest absolute Gasteiger partial charge is 0.0589 e. The van der Waals surface area contributed by atoms with Crippen LogP contribution < -0.4 is 5.73 Å². The van der Waals surface area contributed by atoms with Crippen molar-refractivity contribution in [1.82, 2.24) is 4.90 Å². The van der Waals surface area contributed by atoms with Gasteiger partial charge < -0.3 is 15.2 Å². The normalized spacial score (nSPS) is 12.8. The average Bonchev–Trinajstić information content (AvgIpc) is 2.47. The van der Waals surface area contributed by atoms with Crippen LogP contribution in [0.3, 0.4) is 0 Å². The van der Waals surface area contributed by atoms with E-state index in [1.807, 2.05) is 12.1 Å². The summed E-state index contributed by atoms with van der Waals surface area (Å²) in [6.45, 7) is 6.75. The third kappa shape index (κ3) is 6.37. The molecule has 0 spiro atoms. The summed E-state index contributed by atoms with van der Waals surface area (Å²) in [6.07, 6.45) is 1.12. The number of nitrogens with zero attached hydrogens (tertiary/aromatic N) is 1. The Labute approximate surface area is 122 Å². The summed E-state index contributed by atoms with van der Waals surface area (Å²) in [6, 6.07) is 8.18. The standard InChI is InChI=1S/C16H28N2O2/c1-14(15-4-6-16(17)7-5-15)8-9-18(10-12-19-2)11-13-20-3/h4-7,14H,8-13,17H2,1-3H3. The first-order chi connectivity index (χ1) is 9.67. The number of anilines is 1. The number of rotatable bonds is 10. The van der Waals surface area contributed by atoms with Crippen LogP contribution in [0, 0.1) is 0 Å². The summed E-state index contributed by atoms with van der Waals surface area (Å²) >= 11 is 0. The summed E-state index contributed by atoms with van der Waals surface area (Å²) in [5.74, 6) is 0.531. The maximum Gasteiger partial charge on any atom is 0.0589 e. The fourth-order valence-electron chi connectivity index (χ4n) is 2.14. The summed E-state index contributed by atoms with van der Waals surface area (Å²) in [7, 11) is 3.48. The van der Waals surface area contributed by atoms with Crippen LogP contribution in [-0.2, 0) is 9.47 Å². The van der Waals surface area contributed by atoms with Crippen molar-refractivity contribution in [2.45, 2.75) is 19.3 Å². The topological polar surface area (TPSA) is 47.7 Å². The highest BCUT2D eigenvalue weighted by molar-refractivity contribution is 5.40. The van der Waals surface area contributed by atoms with Gasteiger partial charge >= 0.3 is 0 Å². The first kappa shape index (κ1) is 17.0. The molecule has 0 aliphatic rings. The molecule has 2 N–H and O–H groups in total. The largest absolute Gasteiger partial charge is 0.399 e. The molecule has 0 saturated heterocycles. The highest BCUT2D eigenvalue weighted by Crippen LogP contribution is 2.20. The minimum absolute atomic E-state index is 0.531. The van der Waals surface area contributed by atoms with Gasteiger partial charge in [-0.05, 0) is 36.6 Å². The van der Waals surface area contributed by atoms with Gasteiger partial charge in [0.05, 0.1) is 13.2 Å². The zero-order chi connectivity index (χ0) is 14.8. The van der Waals surface area contributed by atoms with Crippen LogP contribution in [0.4, 0.5) is 5.69 Å². The van der Waals surface area contributed by atoms with Gasteiger partial charge in [-0.1, -0.05) is 19.1 Å². The number of benzene rings is 1. The molecule has 1 atom stereocenters. The Morgan fingerprint density at radius 2 is 1.55 bits per heavy atom. The molecule has 0 saturated carbocycles. The van der Waals surface area contributed by atoms with E-state index < -0.39 is 0 Å². The Bertz CT molecular complexity index is 346. The second kappa shape index (κ2) is 9.75. The van der Waals surface area contributed by atoms with Gasteiger partial charge in [0.2, 0.25) is 0 Å². The zero-order valence-electron chi connectivity index (χ0n) is 13.0. The Morgan fingerprint density at radius 3 is 2.05 bits per heavy atom. The molecule has 4 nitrogen and oxygen atoms in total. The number of nitrogens with two attached hydrogens (primary N) is 1. The molecule has 0 amide bonds. The summed E-state index contributed by atoms with van der Waals surface area (Å²) in [5.41, 5.74) is 7.89. The summed E-state index contributed by atoms with van der Waals surface area (Å²) < 4.78 is 10.3. The SMILES string of the molecule is COCCN(CCOC)CCC(C)c1ccc(N)cc1. The molecule has 0 aromatic heterocycles. The number of methoxy groups -OCH3 is 2. The molecule has 1 aromatic rings. The van der Waals surface area contributed by atoms with Crippen molar-refractivity contribution in [2.24, 2.45) is 0 Å². The van der Waals surface area contributed by atoms with Crippen molar-refractivity contribution in [1.29, 1.82) is 0 Å². The van der Waals surface area contributed by atoms with Gasteiger partial charge in [0.15, 0.2) is 0 Å². The average molecular weight is 280 g/mol. The molecule has 0 aliphatic carbocycles. The lowest BCUT2D eigenvalue weighted by Gasteiger charge is -2.23. The van der Waals surface area contributed by atoms with E-state index in [1.165, 1.54) is 5.56 Å². The molecular formula is C16H28N2O2. The fourth-order valence-corrected chi connectivity index (χ4v) is 2.14. The predicted octanol–water partition coefficient (Wildman–Crippen LogP) is 2.36. The van der Waals surface area contributed by atoms with Gasteiger partial charge in [-0.3, -0.25) is 4.90 Å². The predicted molar refractivity (Wildman–Crippen MR) is 84.1 cm³/mol. The van der Waals surface area contributed by atoms with Crippen LogP contribution in [0.2, 0.25) is 0 Å². The first-order valence-electron chi connectivity index (χ1n) is 7.23. The minimum Gasteiger partial charge on any atom is -0.399 e. The third-order valence-corrected chi connectivity index (χ3v) is 3.61. The lowest BCUT2D eigenvalue weighted by Crippen LogP contribution is -2.32. The van der Waals surface area contributed by atoms with Crippen molar-refractivity contribution in [3.8, 4) is 0 Å². The maximum absolute atomic E-state index is 5.72. The molecule has 1 unspecified atom stereocenters. The molecule has 1 aromatic carbocycles. The van der Waals surface area contributed by atoms with Crippen LogP contribution >= 0.6 is 0 Å². The molecule has 4 heteroatoms. The molecule has 20 heavy (non-hydrogen) atoms. The molecule has 0 bridgehead atoms. The minimum atomic E-state index is 0.531. The first-order valence-corrected chi connectivity index (χ1v) is 7.23. The highest BCUT2D eigenvalue weighted by Gasteiger charge is 2.09. The van der Waals surface area contributed by atoms with Gasteiger partial charge in [-0.25, -0.2) is 0 Å². The summed E-state index contributed by atoms with van der Waals surface area (Å²) in [4.78, 5) is 2.39. The number of hydrogen-bond acceptors (Lipinski definition) is 4. The van der Waals surface area contributed by atoms with Crippen molar-refractivity contribution in [3.05, 3.63) is 29.8 Å². The molecule has 0 radical (unpaired) electrons. The fraction of sp³-hybridized carbons (Fsp3) is 0.625. The van der Waals surface area contributed by atoms with E-state index in [4.69, 9.17) is 15.2 Å². The van der Waals surface area contributed by atoms with Gasteiger partial charge in [-0.15, -0.1) is 0 Å². The molecule has 0 fully saturated rings. The quantitative estimate of drug-likeness (QED) is 0.668. The van der Waals surface area contributed by atoms with Gasteiger partial charge in [-0.2, -0.15) is 0 Å². The van der Waals surface area contributed by atoms with E-state index in [2.05, 4.69) is 24.0 Å². The highest BCUT2D eigenvalue weighted by atomic mass is 16.5. The third-order valence-electron chi connectivity index (χ3n) is 3.61. The van der Waals surface area contributed by atoms with E-state index in [9.17, 15) is 0 Å². The Morgan fingerprint density at radius 1 is 1.00 bits per heavy atom. The molecule has 1 rings (SSSR count). The van der Waals surface area contributed by atoms with Crippen molar-refractivity contribution in [3.63, 3.8) is 0 Å². The number of nitrogen functional groups attached to an aromatic ring is 1. The van der Waals surface area contributed by atoms with E-state index in [1.54, 1.807) is 14.2 Å². The van der Waals surface area contributed by atoms with Gasteiger partial charge in [0.1, 0.15) is 0 Å². The van der Waals surface area contributed by atoms with Crippen molar-refractivity contribution in [2.75, 3.05) is 52.8 Å². The van der Waals surface area contributed by atoms with Gasteiger partial charge in [0, 0.05) is 33.0 Å². The number of ether oxygens (including phenoxy) is 2. The van der Waals surface area contributed by atoms with E-state index in [0.29, 0.717) is 5.92 Å². The second-order valence-corrected chi connectivity index (χ2v) is 5.18. The van der Waals surface area contributed by atoms with E-state index >= 15 is 0 Å². The van der Waals surface area contributed by atoms with E-state index in [0.717, 1.165) is 45.0 Å². The zero-order valence-corrected chi connectivity index (χ0v) is 13.0. The molecular weight excluding hydrogens is 252 g/mol. The van der Waals surface area contributed by atoms with E-state index in [-0.39, 0.29) is 0 Å². The molecule has 114 valence electrons.